The first-order valence-electron chi connectivity index (χ1n) is 23.7. The van der Waals surface area contributed by atoms with Gasteiger partial charge in [0.2, 0.25) is 11.8 Å². The first-order chi connectivity index (χ1) is 26.0. The van der Waals surface area contributed by atoms with E-state index in [1.807, 2.05) is 0 Å². The van der Waals surface area contributed by atoms with Crippen LogP contribution in [-0.4, -0.2) is 37.5 Å². The molecule has 1 atom stereocenters. The molecular weight excluding hydrogens is 657 g/mol. The van der Waals surface area contributed by atoms with Crippen LogP contribution in [0.25, 0.3) is 0 Å². The number of hydrogen-bond donors (Lipinski definition) is 2. The van der Waals surface area contributed by atoms with Gasteiger partial charge in [0, 0.05) is 19.4 Å². The van der Waals surface area contributed by atoms with Crippen molar-refractivity contribution >= 4 is 17.8 Å². The Morgan fingerprint density at radius 3 is 1.02 bits per heavy atom. The van der Waals surface area contributed by atoms with E-state index in [0.717, 1.165) is 38.5 Å². The summed E-state index contributed by atoms with van der Waals surface area (Å²) in [6.45, 7) is 5.17. The summed E-state index contributed by atoms with van der Waals surface area (Å²) in [5.41, 5.74) is 0. The molecular formula is C47H92N2O4. The summed E-state index contributed by atoms with van der Waals surface area (Å²) in [6, 6.07) is -0.607. The van der Waals surface area contributed by atoms with Crippen LogP contribution in [0.4, 0.5) is 0 Å². The van der Waals surface area contributed by atoms with E-state index in [1.165, 1.54) is 200 Å². The molecule has 0 saturated heterocycles. The Kier molecular flexibility index (Phi) is 41.8. The predicted molar refractivity (Wildman–Crippen MR) is 228 cm³/mol. The smallest absolute Gasteiger partial charge is 0.328 e. The highest BCUT2D eigenvalue weighted by atomic mass is 16.5. The minimum absolute atomic E-state index is 0.0660. The van der Waals surface area contributed by atoms with Crippen LogP contribution in [-0.2, 0) is 19.1 Å². The number of rotatable bonds is 43. The molecule has 53 heavy (non-hydrogen) atoms. The van der Waals surface area contributed by atoms with Crippen molar-refractivity contribution in [3.05, 3.63) is 0 Å². The average Bonchev–Trinajstić information content (AvgIpc) is 3.16. The zero-order valence-corrected chi connectivity index (χ0v) is 36.0. The molecule has 0 rings (SSSR count). The molecule has 6 heteroatoms. The fraction of sp³-hybridized carbons (Fsp3) is 0.936. The summed E-state index contributed by atoms with van der Waals surface area (Å²) < 4.78 is 4.95. The molecule has 6 nitrogen and oxygen atoms in total. The summed E-state index contributed by atoms with van der Waals surface area (Å²) in [6.07, 6.45) is 48.3. The van der Waals surface area contributed by atoms with Gasteiger partial charge >= 0.3 is 5.97 Å². The van der Waals surface area contributed by atoms with Crippen molar-refractivity contribution in [1.29, 1.82) is 0 Å². The lowest BCUT2D eigenvalue weighted by molar-refractivity contribution is -0.145. The lowest BCUT2D eigenvalue weighted by Crippen LogP contribution is -2.41. The number of carbonyl (C=O) groups excluding carboxylic acids is 3. The number of nitrogens with one attached hydrogen (secondary N) is 2. The molecule has 0 aliphatic rings. The summed E-state index contributed by atoms with van der Waals surface area (Å²) >= 11 is 0. The van der Waals surface area contributed by atoms with Crippen LogP contribution in [0.2, 0.25) is 0 Å². The van der Waals surface area contributed by atoms with Crippen molar-refractivity contribution in [2.24, 2.45) is 0 Å². The molecule has 0 bridgehead atoms. The van der Waals surface area contributed by atoms with Crippen LogP contribution in [0.5, 0.6) is 0 Å². The van der Waals surface area contributed by atoms with E-state index < -0.39 is 6.04 Å². The van der Waals surface area contributed by atoms with E-state index >= 15 is 0 Å². The molecule has 0 radical (unpaired) electrons. The molecule has 314 valence electrons. The molecule has 0 aromatic carbocycles. The second-order valence-electron chi connectivity index (χ2n) is 16.3. The first kappa shape index (κ1) is 51.4. The third kappa shape index (κ3) is 39.9. The van der Waals surface area contributed by atoms with Gasteiger partial charge < -0.3 is 15.4 Å². The molecule has 2 N–H and O–H groups in total. The largest absolute Gasteiger partial charge is 0.467 e. The molecule has 0 aromatic rings. The highest BCUT2D eigenvalue weighted by Gasteiger charge is 2.20. The Hall–Kier alpha value is -1.59. The molecule has 0 heterocycles. The predicted octanol–water partition coefficient (Wildman–Crippen LogP) is 14.0. The van der Waals surface area contributed by atoms with Gasteiger partial charge in [-0.05, 0) is 32.1 Å². The average molecular weight is 749 g/mol. The number of carbonyl (C=O) groups is 3. The first-order valence-corrected chi connectivity index (χ1v) is 23.7. The van der Waals surface area contributed by atoms with Crippen LogP contribution in [0.1, 0.15) is 264 Å². The standard InChI is InChI=1S/C47H92N2O4/c1-4-6-8-10-12-14-16-18-20-22-24-26-28-30-32-34-36-41-45(50)48-43-39-38-40-44(47(52)53-3)49-46(51)42-37-35-33-31-29-27-25-23-21-19-17-15-13-11-9-7-5-2/h44H,4-43H2,1-3H3,(H,48,50)(H,49,51)/t44-/m0/s1. The SMILES string of the molecule is CCCCCCCCCCCCCCCCCCCC(=O)NCCCC[C@H](NC(=O)CCCCCCCCCCCCCCCCCCC)C(=O)OC. The Labute approximate surface area is 330 Å². The van der Waals surface area contributed by atoms with Gasteiger partial charge in [-0.3, -0.25) is 9.59 Å². The van der Waals surface area contributed by atoms with Gasteiger partial charge in [-0.1, -0.05) is 219 Å². The fourth-order valence-electron chi connectivity index (χ4n) is 7.47. The highest BCUT2D eigenvalue weighted by Crippen LogP contribution is 2.16. The van der Waals surface area contributed by atoms with E-state index in [4.69, 9.17) is 4.74 Å². The van der Waals surface area contributed by atoms with Gasteiger partial charge in [-0.2, -0.15) is 0 Å². The molecule has 0 spiro atoms. The number of ether oxygens (including phenoxy) is 1. The molecule has 0 aliphatic heterocycles. The highest BCUT2D eigenvalue weighted by molar-refractivity contribution is 5.84. The maximum atomic E-state index is 12.5. The van der Waals surface area contributed by atoms with Crippen LogP contribution in [0, 0.1) is 0 Å². The Morgan fingerprint density at radius 2 is 0.698 bits per heavy atom. The summed E-state index contributed by atoms with van der Waals surface area (Å²) in [5, 5.41) is 5.92. The molecule has 0 aliphatic carbocycles. The second kappa shape index (κ2) is 43.1. The van der Waals surface area contributed by atoms with Gasteiger partial charge in [0.25, 0.3) is 0 Å². The van der Waals surface area contributed by atoms with Crippen LogP contribution in [0.3, 0.4) is 0 Å². The van der Waals surface area contributed by atoms with Gasteiger partial charge in [0.15, 0.2) is 0 Å². The van der Waals surface area contributed by atoms with E-state index in [-0.39, 0.29) is 17.8 Å². The van der Waals surface area contributed by atoms with Crippen LogP contribution >= 0.6 is 0 Å². The third-order valence-electron chi connectivity index (χ3n) is 11.1. The summed E-state index contributed by atoms with van der Waals surface area (Å²) in [4.78, 5) is 37.1. The van der Waals surface area contributed by atoms with Gasteiger partial charge in [-0.25, -0.2) is 4.79 Å². The molecule has 0 unspecified atom stereocenters. The lowest BCUT2D eigenvalue weighted by Gasteiger charge is -2.16. The summed E-state index contributed by atoms with van der Waals surface area (Å²) in [7, 11) is 1.37. The zero-order chi connectivity index (χ0) is 38.7. The Balaban J connectivity index is 3.63. The number of amides is 2. The number of hydrogen-bond acceptors (Lipinski definition) is 4. The van der Waals surface area contributed by atoms with Gasteiger partial charge in [0.1, 0.15) is 6.04 Å². The van der Waals surface area contributed by atoms with Gasteiger partial charge in [0.05, 0.1) is 7.11 Å². The van der Waals surface area contributed by atoms with E-state index in [2.05, 4.69) is 24.5 Å². The minimum atomic E-state index is -0.607. The Morgan fingerprint density at radius 1 is 0.396 bits per heavy atom. The number of methoxy groups -OCH3 is 1. The molecule has 0 fully saturated rings. The van der Waals surface area contributed by atoms with Crippen molar-refractivity contribution in [1.82, 2.24) is 10.6 Å². The molecule has 2 amide bonds. The zero-order valence-electron chi connectivity index (χ0n) is 36.0. The fourth-order valence-corrected chi connectivity index (χ4v) is 7.47. The van der Waals surface area contributed by atoms with Crippen LogP contribution in [0.15, 0.2) is 0 Å². The van der Waals surface area contributed by atoms with E-state index in [1.54, 1.807) is 0 Å². The minimum Gasteiger partial charge on any atom is -0.467 e. The van der Waals surface area contributed by atoms with Crippen molar-refractivity contribution in [3.8, 4) is 0 Å². The van der Waals surface area contributed by atoms with Crippen molar-refractivity contribution in [3.63, 3.8) is 0 Å². The van der Waals surface area contributed by atoms with E-state index in [0.29, 0.717) is 25.8 Å². The summed E-state index contributed by atoms with van der Waals surface area (Å²) in [5.74, 6) is -0.329. The lowest BCUT2D eigenvalue weighted by atomic mass is 10.0. The van der Waals surface area contributed by atoms with Gasteiger partial charge in [-0.15, -0.1) is 0 Å². The Bertz CT molecular complexity index is 789. The van der Waals surface area contributed by atoms with Crippen LogP contribution < -0.4 is 10.6 Å². The number of unbranched alkanes of at least 4 members (excludes halogenated alkanes) is 33. The number of esters is 1. The topological polar surface area (TPSA) is 84.5 Å². The van der Waals surface area contributed by atoms with Crippen molar-refractivity contribution < 1.29 is 19.1 Å². The maximum Gasteiger partial charge on any atom is 0.328 e. The maximum absolute atomic E-state index is 12.5. The van der Waals surface area contributed by atoms with E-state index in [9.17, 15) is 14.4 Å². The monoisotopic (exact) mass is 749 g/mol. The third-order valence-corrected chi connectivity index (χ3v) is 11.1. The second-order valence-corrected chi connectivity index (χ2v) is 16.3. The molecule has 0 aromatic heterocycles. The van der Waals surface area contributed by atoms with Crippen molar-refractivity contribution in [2.75, 3.05) is 13.7 Å². The molecule has 0 saturated carbocycles. The normalized spacial score (nSPS) is 11.8. The quantitative estimate of drug-likeness (QED) is 0.0480. The van der Waals surface area contributed by atoms with Crippen molar-refractivity contribution in [2.45, 2.75) is 270 Å².